The Labute approximate surface area is 158 Å². The van der Waals surface area contributed by atoms with Gasteiger partial charge in [0.25, 0.3) is 0 Å². The first-order valence-electron chi connectivity index (χ1n) is 8.05. The summed E-state index contributed by atoms with van der Waals surface area (Å²) in [4.78, 5) is 4.46. The van der Waals surface area contributed by atoms with Gasteiger partial charge in [0.05, 0.1) is 14.2 Å². The molecular weight excluding hydrogens is 354 g/mol. The molecule has 0 atom stereocenters. The molecule has 1 aromatic heterocycles. The zero-order valence-corrected chi connectivity index (χ0v) is 15.6. The highest BCUT2D eigenvalue weighted by molar-refractivity contribution is 5.85. The summed E-state index contributed by atoms with van der Waals surface area (Å²) >= 11 is 0. The number of halogens is 1. The molecule has 0 aliphatic heterocycles. The minimum absolute atomic E-state index is 0. The smallest absolute Gasteiger partial charge is 0.227 e. The number of nitrogens with two attached hydrogens (primary N) is 1. The highest BCUT2D eigenvalue weighted by atomic mass is 35.5. The lowest BCUT2D eigenvalue weighted by Crippen LogP contribution is -1.96. The van der Waals surface area contributed by atoms with Crippen molar-refractivity contribution in [3.63, 3.8) is 0 Å². The normalized spacial score (nSPS) is 10.3. The van der Waals surface area contributed by atoms with Crippen LogP contribution in [0.5, 0.6) is 11.5 Å². The van der Waals surface area contributed by atoms with Gasteiger partial charge in [0.1, 0.15) is 11.5 Å². The Morgan fingerprint density at radius 1 is 0.923 bits per heavy atom. The largest absolute Gasteiger partial charge is 0.497 e. The van der Waals surface area contributed by atoms with Crippen molar-refractivity contribution in [2.45, 2.75) is 19.4 Å². The number of rotatable bonds is 7. The lowest BCUT2D eigenvalue weighted by Gasteiger charge is -2.07. The van der Waals surface area contributed by atoms with E-state index in [4.69, 9.17) is 19.7 Å². The molecule has 0 spiro atoms. The Balaban J connectivity index is 0.00000243. The molecule has 2 aromatic carbocycles. The third-order valence-corrected chi connectivity index (χ3v) is 3.95. The Hall–Kier alpha value is -2.57. The SMILES string of the molecule is COc1cc(CCc2nc(-c3ccc(CN)cc3)no2)cc(OC)c1.Cl. The van der Waals surface area contributed by atoms with Gasteiger partial charge in [0.15, 0.2) is 0 Å². The highest BCUT2D eigenvalue weighted by Crippen LogP contribution is 2.24. The van der Waals surface area contributed by atoms with E-state index in [-0.39, 0.29) is 12.4 Å². The summed E-state index contributed by atoms with van der Waals surface area (Å²) in [6, 6.07) is 13.6. The average Bonchev–Trinajstić information content (AvgIpc) is 3.15. The summed E-state index contributed by atoms with van der Waals surface area (Å²) in [5, 5.41) is 4.05. The standard InChI is InChI=1S/C19H21N3O3.ClH/c1-23-16-9-14(10-17(11-16)24-2)5-8-18-21-19(22-25-18)15-6-3-13(12-20)4-7-15;/h3-4,6-7,9-11H,5,8,12,20H2,1-2H3;1H. The van der Waals surface area contributed by atoms with E-state index < -0.39 is 0 Å². The fourth-order valence-corrected chi connectivity index (χ4v) is 2.53. The van der Waals surface area contributed by atoms with E-state index in [2.05, 4.69) is 10.1 Å². The number of benzene rings is 2. The van der Waals surface area contributed by atoms with E-state index in [1.807, 2.05) is 42.5 Å². The van der Waals surface area contributed by atoms with Crippen molar-refractivity contribution in [2.75, 3.05) is 14.2 Å². The van der Waals surface area contributed by atoms with Gasteiger partial charge in [0, 0.05) is 24.6 Å². The minimum atomic E-state index is 0. The maximum absolute atomic E-state index is 5.61. The molecule has 0 aliphatic rings. The molecular formula is C19H22ClN3O3. The van der Waals surface area contributed by atoms with Crippen molar-refractivity contribution in [3.8, 4) is 22.9 Å². The first-order chi connectivity index (χ1) is 12.2. The van der Waals surface area contributed by atoms with Crippen LogP contribution in [-0.2, 0) is 19.4 Å². The monoisotopic (exact) mass is 375 g/mol. The minimum Gasteiger partial charge on any atom is -0.497 e. The predicted octanol–water partition coefficient (Wildman–Crippen LogP) is 3.42. The van der Waals surface area contributed by atoms with Crippen molar-refractivity contribution in [3.05, 3.63) is 59.5 Å². The molecule has 3 aromatic rings. The summed E-state index contributed by atoms with van der Waals surface area (Å²) in [6.07, 6.45) is 1.39. The van der Waals surface area contributed by atoms with E-state index in [1.54, 1.807) is 14.2 Å². The van der Waals surface area contributed by atoms with E-state index in [0.29, 0.717) is 24.7 Å². The molecule has 0 amide bonds. The fraction of sp³-hybridized carbons (Fsp3) is 0.263. The van der Waals surface area contributed by atoms with Crippen molar-refractivity contribution >= 4 is 12.4 Å². The summed E-state index contributed by atoms with van der Waals surface area (Å²) in [5.74, 6) is 2.71. The van der Waals surface area contributed by atoms with Gasteiger partial charge in [-0.1, -0.05) is 29.4 Å². The number of aromatic nitrogens is 2. The highest BCUT2D eigenvalue weighted by Gasteiger charge is 2.10. The second-order valence-electron chi connectivity index (χ2n) is 5.63. The quantitative estimate of drug-likeness (QED) is 0.681. The van der Waals surface area contributed by atoms with E-state index >= 15 is 0 Å². The van der Waals surface area contributed by atoms with Crippen LogP contribution in [0.3, 0.4) is 0 Å². The van der Waals surface area contributed by atoms with Crippen LogP contribution < -0.4 is 15.2 Å². The fourth-order valence-electron chi connectivity index (χ4n) is 2.53. The van der Waals surface area contributed by atoms with Crippen molar-refractivity contribution < 1.29 is 14.0 Å². The van der Waals surface area contributed by atoms with Crippen LogP contribution in [0, 0.1) is 0 Å². The molecule has 7 heteroatoms. The first-order valence-corrected chi connectivity index (χ1v) is 8.05. The summed E-state index contributed by atoms with van der Waals surface area (Å²) in [6.45, 7) is 0.516. The van der Waals surface area contributed by atoms with Crippen molar-refractivity contribution in [1.82, 2.24) is 10.1 Å². The third kappa shape index (κ3) is 4.74. The molecule has 26 heavy (non-hydrogen) atoms. The van der Waals surface area contributed by atoms with Gasteiger partial charge in [-0.3, -0.25) is 0 Å². The molecule has 0 unspecified atom stereocenters. The molecule has 3 rings (SSSR count). The summed E-state index contributed by atoms with van der Waals surface area (Å²) < 4.78 is 15.9. The zero-order valence-electron chi connectivity index (χ0n) is 14.8. The van der Waals surface area contributed by atoms with Crippen LogP contribution in [-0.4, -0.2) is 24.4 Å². The lowest BCUT2D eigenvalue weighted by atomic mass is 10.1. The van der Waals surface area contributed by atoms with Crippen LogP contribution in [0.2, 0.25) is 0 Å². The zero-order chi connectivity index (χ0) is 17.6. The van der Waals surface area contributed by atoms with Gasteiger partial charge in [-0.05, 0) is 29.7 Å². The summed E-state index contributed by atoms with van der Waals surface area (Å²) in [7, 11) is 3.28. The van der Waals surface area contributed by atoms with Crippen LogP contribution in [0.15, 0.2) is 47.0 Å². The molecule has 0 saturated carbocycles. The van der Waals surface area contributed by atoms with Crippen LogP contribution in [0.25, 0.3) is 11.4 Å². The Morgan fingerprint density at radius 2 is 1.58 bits per heavy atom. The van der Waals surface area contributed by atoms with Gasteiger partial charge in [-0.15, -0.1) is 12.4 Å². The Morgan fingerprint density at radius 3 is 2.15 bits per heavy atom. The topological polar surface area (TPSA) is 83.4 Å². The predicted molar refractivity (Wildman–Crippen MR) is 102 cm³/mol. The van der Waals surface area contributed by atoms with E-state index in [1.165, 1.54) is 0 Å². The molecule has 2 N–H and O–H groups in total. The molecule has 0 bridgehead atoms. The van der Waals surface area contributed by atoms with Gasteiger partial charge >= 0.3 is 0 Å². The second kappa shape index (κ2) is 9.22. The second-order valence-corrected chi connectivity index (χ2v) is 5.63. The van der Waals surface area contributed by atoms with Crippen LogP contribution >= 0.6 is 12.4 Å². The maximum atomic E-state index is 5.61. The van der Waals surface area contributed by atoms with Gasteiger partial charge in [-0.2, -0.15) is 4.98 Å². The van der Waals surface area contributed by atoms with Crippen molar-refractivity contribution in [2.24, 2.45) is 5.73 Å². The number of nitrogens with zero attached hydrogens (tertiary/aromatic N) is 2. The molecule has 0 saturated heterocycles. The Bertz CT molecular complexity index is 812. The molecule has 0 aliphatic carbocycles. The first kappa shape index (κ1) is 19.8. The van der Waals surface area contributed by atoms with Crippen LogP contribution in [0.1, 0.15) is 17.0 Å². The molecule has 0 fully saturated rings. The average molecular weight is 376 g/mol. The number of ether oxygens (including phenoxy) is 2. The van der Waals surface area contributed by atoms with Gasteiger partial charge in [0.2, 0.25) is 11.7 Å². The van der Waals surface area contributed by atoms with E-state index in [0.717, 1.165) is 34.6 Å². The number of hydrogen-bond acceptors (Lipinski definition) is 6. The van der Waals surface area contributed by atoms with E-state index in [9.17, 15) is 0 Å². The Kier molecular flexibility index (Phi) is 7.00. The molecule has 1 heterocycles. The molecule has 138 valence electrons. The number of methoxy groups -OCH3 is 2. The van der Waals surface area contributed by atoms with Crippen molar-refractivity contribution in [1.29, 1.82) is 0 Å². The van der Waals surface area contributed by atoms with Gasteiger partial charge in [-0.25, -0.2) is 0 Å². The maximum Gasteiger partial charge on any atom is 0.227 e. The van der Waals surface area contributed by atoms with Crippen LogP contribution in [0.4, 0.5) is 0 Å². The third-order valence-electron chi connectivity index (χ3n) is 3.95. The van der Waals surface area contributed by atoms with Gasteiger partial charge < -0.3 is 19.7 Å². The number of hydrogen-bond donors (Lipinski definition) is 1. The lowest BCUT2D eigenvalue weighted by molar-refractivity contribution is 0.377. The molecule has 0 radical (unpaired) electrons. The number of aryl methyl sites for hydroxylation is 2. The molecule has 6 nitrogen and oxygen atoms in total. The summed E-state index contributed by atoms with van der Waals surface area (Å²) in [5.41, 5.74) is 8.68.